The van der Waals surface area contributed by atoms with E-state index in [0.29, 0.717) is 0 Å². The predicted molar refractivity (Wildman–Crippen MR) is 83.2 cm³/mol. The molecule has 0 aromatic heterocycles. The highest BCUT2D eigenvalue weighted by molar-refractivity contribution is 9.10. The van der Waals surface area contributed by atoms with Crippen molar-refractivity contribution in [1.29, 1.82) is 0 Å². The number of halogens is 1. The van der Waals surface area contributed by atoms with E-state index >= 15 is 0 Å². The predicted octanol–water partition coefficient (Wildman–Crippen LogP) is 3.91. The number of nitrogens with two attached hydrogens (primary N) is 1. The van der Waals surface area contributed by atoms with E-state index in [0.717, 1.165) is 29.7 Å². The van der Waals surface area contributed by atoms with E-state index in [1.54, 1.807) is 0 Å². The van der Waals surface area contributed by atoms with Gasteiger partial charge in [-0.3, -0.25) is 0 Å². The first-order valence-electron chi connectivity index (χ1n) is 7.11. The quantitative estimate of drug-likeness (QED) is 0.910. The van der Waals surface area contributed by atoms with E-state index in [1.165, 1.54) is 18.4 Å². The molecular formula is C16H24BrNO. The molecule has 2 nitrogen and oxygen atoms in total. The lowest BCUT2D eigenvalue weighted by atomic mass is 9.74. The lowest BCUT2D eigenvalue weighted by Crippen LogP contribution is -2.52. The molecule has 1 aromatic rings. The second-order valence-corrected chi connectivity index (χ2v) is 6.81. The van der Waals surface area contributed by atoms with Gasteiger partial charge in [-0.05, 0) is 55.7 Å². The first kappa shape index (κ1) is 15.0. The van der Waals surface area contributed by atoms with Crippen molar-refractivity contribution >= 4 is 15.9 Å². The Morgan fingerprint density at radius 3 is 2.68 bits per heavy atom. The molecule has 1 aliphatic rings. The van der Waals surface area contributed by atoms with Gasteiger partial charge in [0.15, 0.2) is 0 Å². The van der Waals surface area contributed by atoms with Gasteiger partial charge in [-0.1, -0.05) is 35.0 Å². The van der Waals surface area contributed by atoms with Crippen molar-refractivity contribution in [3.63, 3.8) is 0 Å². The van der Waals surface area contributed by atoms with E-state index in [-0.39, 0.29) is 11.6 Å². The molecule has 1 unspecified atom stereocenters. The largest absolute Gasteiger partial charge is 0.377 e. The Hall–Kier alpha value is -0.380. The van der Waals surface area contributed by atoms with Gasteiger partial charge in [-0.15, -0.1) is 0 Å². The Labute approximate surface area is 124 Å². The van der Waals surface area contributed by atoms with E-state index in [4.69, 9.17) is 10.5 Å². The van der Waals surface area contributed by atoms with E-state index in [9.17, 15) is 0 Å². The first-order chi connectivity index (χ1) is 9.05. The van der Waals surface area contributed by atoms with Crippen molar-refractivity contribution in [2.24, 2.45) is 11.7 Å². The Morgan fingerprint density at radius 2 is 2.11 bits per heavy atom. The minimum absolute atomic E-state index is 0.0688. The third-order valence-electron chi connectivity index (χ3n) is 4.55. The van der Waals surface area contributed by atoms with Crippen LogP contribution in [0.5, 0.6) is 0 Å². The third-order valence-corrected chi connectivity index (χ3v) is 5.04. The number of rotatable bonds is 4. The van der Waals surface area contributed by atoms with Crippen molar-refractivity contribution in [3.8, 4) is 0 Å². The third kappa shape index (κ3) is 3.59. The lowest BCUT2D eigenvalue weighted by Gasteiger charge is -2.42. The average Bonchev–Trinajstić information content (AvgIpc) is 2.40. The van der Waals surface area contributed by atoms with Crippen LogP contribution in [0.25, 0.3) is 0 Å². The molecule has 0 spiro atoms. The molecule has 0 saturated heterocycles. The zero-order chi connectivity index (χ0) is 13.9. The summed E-state index contributed by atoms with van der Waals surface area (Å²) in [7, 11) is 1.82. The highest BCUT2D eigenvalue weighted by Crippen LogP contribution is 2.37. The molecule has 1 atom stereocenters. The van der Waals surface area contributed by atoms with Crippen LogP contribution in [0.15, 0.2) is 28.7 Å². The summed E-state index contributed by atoms with van der Waals surface area (Å²) in [5.41, 5.74) is 7.63. The van der Waals surface area contributed by atoms with Gasteiger partial charge in [0, 0.05) is 17.6 Å². The summed E-state index contributed by atoms with van der Waals surface area (Å²) in [6, 6.07) is 8.46. The molecular weight excluding hydrogens is 302 g/mol. The highest BCUT2D eigenvalue weighted by atomic mass is 79.9. The molecule has 0 amide bonds. The number of methoxy groups -OCH3 is 1. The highest BCUT2D eigenvalue weighted by Gasteiger charge is 2.39. The van der Waals surface area contributed by atoms with Crippen molar-refractivity contribution in [2.75, 3.05) is 7.11 Å². The van der Waals surface area contributed by atoms with Crippen molar-refractivity contribution in [1.82, 2.24) is 0 Å². The fourth-order valence-corrected chi connectivity index (χ4v) is 3.53. The van der Waals surface area contributed by atoms with Gasteiger partial charge in [0.2, 0.25) is 0 Å². The molecule has 19 heavy (non-hydrogen) atoms. The van der Waals surface area contributed by atoms with E-state index in [2.05, 4.69) is 41.1 Å². The number of ether oxygens (including phenoxy) is 1. The molecule has 0 aliphatic heterocycles. The van der Waals surface area contributed by atoms with Crippen LogP contribution in [0.3, 0.4) is 0 Å². The van der Waals surface area contributed by atoms with Gasteiger partial charge in [0.05, 0.1) is 5.60 Å². The Morgan fingerprint density at radius 1 is 1.42 bits per heavy atom. The summed E-state index contributed by atoms with van der Waals surface area (Å²) >= 11 is 3.51. The Balaban J connectivity index is 2.06. The second-order valence-electron chi connectivity index (χ2n) is 5.89. The van der Waals surface area contributed by atoms with Crippen LogP contribution in [0, 0.1) is 5.92 Å². The molecule has 106 valence electrons. The van der Waals surface area contributed by atoms with Crippen LogP contribution in [-0.4, -0.2) is 18.8 Å². The Kier molecular flexibility index (Phi) is 5.04. The lowest BCUT2D eigenvalue weighted by molar-refractivity contribution is -0.0659. The molecule has 1 aromatic carbocycles. The fourth-order valence-electron chi connectivity index (χ4n) is 3.08. The van der Waals surface area contributed by atoms with Crippen LogP contribution in [0.1, 0.15) is 38.2 Å². The number of hydrogen-bond acceptors (Lipinski definition) is 2. The molecule has 1 fully saturated rings. The van der Waals surface area contributed by atoms with Crippen molar-refractivity contribution < 1.29 is 4.74 Å². The summed E-state index contributed by atoms with van der Waals surface area (Å²) in [6.45, 7) is 2.32. The van der Waals surface area contributed by atoms with Crippen LogP contribution >= 0.6 is 15.9 Å². The molecule has 2 N–H and O–H groups in total. The van der Waals surface area contributed by atoms with Crippen LogP contribution in [-0.2, 0) is 11.2 Å². The van der Waals surface area contributed by atoms with Crippen molar-refractivity contribution in [2.45, 2.75) is 50.7 Å². The smallest absolute Gasteiger partial charge is 0.0832 e. The van der Waals surface area contributed by atoms with Gasteiger partial charge in [-0.25, -0.2) is 0 Å². The zero-order valence-electron chi connectivity index (χ0n) is 11.9. The van der Waals surface area contributed by atoms with Crippen LogP contribution in [0.4, 0.5) is 0 Å². The van der Waals surface area contributed by atoms with E-state index < -0.39 is 0 Å². The maximum Gasteiger partial charge on any atom is 0.0832 e. The van der Waals surface area contributed by atoms with E-state index in [1.807, 2.05) is 13.2 Å². The van der Waals surface area contributed by atoms with Gasteiger partial charge < -0.3 is 10.5 Å². The monoisotopic (exact) mass is 325 g/mol. The summed E-state index contributed by atoms with van der Waals surface area (Å²) in [4.78, 5) is 0. The maximum absolute atomic E-state index is 6.48. The summed E-state index contributed by atoms with van der Waals surface area (Å²) < 4.78 is 6.97. The summed E-state index contributed by atoms with van der Waals surface area (Å²) in [5.74, 6) is 0.807. The molecule has 3 heteroatoms. The summed E-state index contributed by atoms with van der Waals surface area (Å²) in [5, 5.41) is 0. The molecule has 0 bridgehead atoms. The minimum Gasteiger partial charge on any atom is -0.377 e. The zero-order valence-corrected chi connectivity index (χ0v) is 13.4. The fraction of sp³-hybridized carbons (Fsp3) is 0.625. The molecule has 1 aliphatic carbocycles. The maximum atomic E-state index is 6.48. The molecule has 2 rings (SSSR count). The summed E-state index contributed by atoms with van der Waals surface area (Å²) in [6.07, 6.45) is 5.49. The van der Waals surface area contributed by atoms with Gasteiger partial charge in [0.25, 0.3) is 0 Å². The second kappa shape index (κ2) is 6.38. The normalized spacial score (nSPS) is 29.2. The Bertz CT molecular complexity index is 413. The molecule has 1 saturated carbocycles. The van der Waals surface area contributed by atoms with Crippen LogP contribution in [0.2, 0.25) is 0 Å². The van der Waals surface area contributed by atoms with Gasteiger partial charge >= 0.3 is 0 Å². The van der Waals surface area contributed by atoms with Gasteiger partial charge in [-0.2, -0.15) is 0 Å². The van der Waals surface area contributed by atoms with Gasteiger partial charge in [0.1, 0.15) is 0 Å². The SMILES string of the molecule is COC1(C(N)Cc2cccc(Br)c2)CCC(C)CC1. The minimum atomic E-state index is -0.130. The first-order valence-corrected chi connectivity index (χ1v) is 7.90. The standard InChI is InChI=1S/C16H24BrNO/c1-12-6-8-16(19-2,9-7-12)15(18)11-13-4-3-5-14(17)10-13/h3-5,10,12,15H,6-9,11,18H2,1-2H3. The molecule has 0 radical (unpaired) electrons. The van der Waals surface area contributed by atoms with Crippen LogP contribution < -0.4 is 5.73 Å². The number of benzene rings is 1. The topological polar surface area (TPSA) is 35.2 Å². The molecule has 0 heterocycles. The van der Waals surface area contributed by atoms with Crippen molar-refractivity contribution in [3.05, 3.63) is 34.3 Å². The number of hydrogen-bond donors (Lipinski definition) is 1. The average molecular weight is 326 g/mol.